The van der Waals surface area contributed by atoms with E-state index in [0.717, 1.165) is 12.3 Å². The highest BCUT2D eigenvalue weighted by Crippen LogP contribution is 1.88. The van der Waals surface area contributed by atoms with Gasteiger partial charge in [-0.15, -0.1) is 0 Å². The van der Waals surface area contributed by atoms with Gasteiger partial charge < -0.3 is 0 Å². The molecule has 1 radical (unpaired) electrons. The summed E-state index contributed by atoms with van der Waals surface area (Å²) in [5, 5.41) is 0. The number of hydrogen-bond acceptors (Lipinski definition) is 3. The lowest BCUT2D eigenvalue weighted by Gasteiger charge is -1.98. The first-order chi connectivity index (χ1) is 5.02. The van der Waals surface area contributed by atoms with Crippen LogP contribution >= 0.6 is 0 Å². The quantitative estimate of drug-likeness (QED) is 0.590. The molecule has 5 heteroatoms. The second-order valence-corrected chi connectivity index (χ2v) is 3.50. The lowest BCUT2D eigenvalue weighted by atomic mass is 10.5. The van der Waals surface area contributed by atoms with Gasteiger partial charge >= 0.3 is 0 Å². The molecule has 0 saturated heterocycles. The van der Waals surface area contributed by atoms with Crippen LogP contribution in [0.4, 0.5) is 0 Å². The summed E-state index contributed by atoms with van der Waals surface area (Å²) in [6, 6.07) is 4.07. The Bertz CT molecular complexity index is 404. The largest absolute Gasteiger partial charge is 0.268 e. The molecule has 1 rings (SSSR count). The normalized spacial score (nSPS) is 11.4. The smallest absolute Gasteiger partial charge is 0.264 e. The summed E-state index contributed by atoms with van der Waals surface area (Å²) in [7, 11) is -3.68. The van der Waals surface area contributed by atoms with E-state index >= 15 is 0 Å². The van der Waals surface area contributed by atoms with Gasteiger partial charge in [0.1, 0.15) is 0 Å². The third-order valence-electron chi connectivity index (χ3n) is 1.09. The van der Waals surface area contributed by atoms with Crippen LogP contribution < -0.4 is 5.56 Å². The Morgan fingerprint density at radius 3 is 2.36 bits per heavy atom. The molecule has 0 unspecified atom stereocenters. The molecular formula is C6H6NO3S. The van der Waals surface area contributed by atoms with Gasteiger partial charge in [-0.3, -0.25) is 4.79 Å². The van der Waals surface area contributed by atoms with E-state index in [4.69, 9.17) is 0 Å². The Balaban J connectivity index is 3.50. The molecule has 0 saturated carbocycles. The van der Waals surface area contributed by atoms with Gasteiger partial charge in [0.05, 0.1) is 6.26 Å². The predicted octanol–water partition coefficient (Wildman–Crippen LogP) is -0.182. The van der Waals surface area contributed by atoms with E-state index in [9.17, 15) is 13.2 Å². The van der Waals surface area contributed by atoms with E-state index in [1.807, 2.05) is 0 Å². The maximum Gasteiger partial charge on any atom is 0.264 e. The van der Waals surface area contributed by atoms with Gasteiger partial charge in [0, 0.05) is 12.3 Å². The van der Waals surface area contributed by atoms with Crippen LogP contribution in [0.2, 0.25) is 0 Å². The predicted molar refractivity (Wildman–Crippen MR) is 40.4 cm³/mol. The zero-order valence-electron chi connectivity index (χ0n) is 5.60. The minimum atomic E-state index is -3.68. The second-order valence-electron chi connectivity index (χ2n) is 1.95. The first kappa shape index (κ1) is 8.00. The van der Waals surface area contributed by atoms with Gasteiger partial charge in [-0.2, -0.15) is 0 Å². The summed E-state index contributed by atoms with van der Waals surface area (Å²) >= 11 is 0. The van der Waals surface area contributed by atoms with E-state index in [2.05, 4.69) is 6.26 Å². The van der Waals surface area contributed by atoms with Crippen LogP contribution in [-0.4, -0.2) is 12.4 Å². The topological polar surface area (TPSA) is 56.1 Å². The van der Waals surface area contributed by atoms with Crippen molar-refractivity contribution in [3.8, 4) is 0 Å². The fourth-order valence-corrected chi connectivity index (χ4v) is 1.23. The molecule has 0 spiro atoms. The molecule has 0 N–H and O–H groups in total. The van der Waals surface area contributed by atoms with E-state index in [1.54, 1.807) is 0 Å². The Kier molecular flexibility index (Phi) is 1.82. The number of hydrogen-bond donors (Lipinski definition) is 0. The molecule has 4 nitrogen and oxygen atoms in total. The zero-order chi connectivity index (χ0) is 8.48. The molecule has 0 atom stereocenters. The monoisotopic (exact) mass is 172 g/mol. The number of rotatable bonds is 1. The van der Waals surface area contributed by atoms with Crippen molar-refractivity contribution < 1.29 is 8.42 Å². The Labute approximate surface area is 64.1 Å². The fraction of sp³-hybridized carbons (Fsp3) is 0. The van der Waals surface area contributed by atoms with Crippen LogP contribution in [0.25, 0.3) is 0 Å². The van der Waals surface area contributed by atoms with Crippen molar-refractivity contribution in [1.82, 2.24) is 3.97 Å². The lowest BCUT2D eigenvalue weighted by Crippen LogP contribution is -2.23. The van der Waals surface area contributed by atoms with Crippen LogP contribution in [0.3, 0.4) is 0 Å². The molecule has 0 bridgehead atoms. The fourth-order valence-electron chi connectivity index (χ4n) is 0.642. The van der Waals surface area contributed by atoms with Crippen molar-refractivity contribution in [2.24, 2.45) is 0 Å². The Hall–Kier alpha value is -1.10. The first-order valence-electron chi connectivity index (χ1n) is 2.78. The maximum absolute atomic E-state index is 10.8. The van der Waals surface area contributed by atoms with Crippen molar-refractivity contribution in [3.05, 3.63) is 41.0 Å². The zero-order valence-corrected chi connectivity index (χ0v) is 6.41. The summed E-state index contributed by atoms with van der Waals surface area (Å²) in [4.78, 5) is 10.8. The molecule has 11 heavy (non-hydrogen) atoms. The molecule has 0 fully saturated rings. The Morgan fingerprint density at radius 1 is 1.36 bits per heavy atom. The number of nitrogens with zero attached hydrogens (tertiary/aromatic N) is 1. The SMILES string of the molecule is [CH2]S(=O)(=O)n1ccccc1=O. The van der Waals surface area contributed by atoms with Gasteiger partial charge in [-0.1, -0.05) is 6.07 Å². The van der Waals surface area contributed by atoms with E-state index in [1.165, 1.54) is 12.1 Å². The van der Waals surface area contributed by atoms with Crippen molar-refractivity contribution in [2.75, 3.05) is 0 Å². The van der Waals surface area contributed by atoms with Crippen LogP contribution in [-0.2, 0) is 10.0 Å². The molecule has 0 aromatic carbocycles. The average molecular weight is 172 g/mol. The summed E-state index contributed by atoms with van der Waals surface area (Å²) in [6.07, 6.45) is 3.99. The van der Waals surface area contributed by atoms with Crippen LogP contribution in [0.1, 0.15) is 0 Å². The van der Waals surface area contributed by atoms with Gasteiger partial charge in [0.2, 0.25) is 10.0 Å². The van der Waals surface area contributed by atoms with Crippen LogP contribution in [0.15, 0.2) is 29.2 Å². The van der Waals surface area contributed by atoms with Gasteiger partial charge in [-0.05, 0) is 6.07 Å². The second kappa shape index (κ2) is 2.50. The van der Waals surface area contributed by atoms with E-state index in [-0.39, 0.29) is 0 Å². The summed E-state index contributed by atoms with van der Waals surface area (Å²) in [5.41, 5.74) is -0.595. The Morgan fingerprint density at radius 2 is 2.00 bits per heavy atom. The minimum Gasteiger partial charge on any atom is -0.268 e. The molecule has 0 aliphatic rings. The highest BCUT2D eigenvalue weighted by Gasteiger charge is 2.04. The molecule has 1 aromatic heterocycles. The highest BCUT2D eigenvalue weighted by molar-refractivity contribution is 7.91. The van der Waals surface area contributed by atoms with Crippen molar-refractivity contribution in [1.29, 1.82) is 0 Å². The molecular weight excluding hydrogens is 166 g/mol. The van der Waals surface area contributed by atoms with Crippen molar-refractivity contribution >= 4 is 10.0 Å². The van der Waals surface area contributed by atoms with E-state index < -0.39 is 15.6 Å². The van der Waals surface area contributed by atoms with Crippen molar-refractivity contribution in [2.45, 2.75) is 0 Å². The third kappa shape index (κ3) is 1.68. The average Bonchev–Trinajstić information content (AvgIpc) is 1.86. The van der Waals surface area contributed by atoms with Crippen LogP contribution in [0, 0.1) is 6.26 Å². The minimum absolute atomic E-state index is 0.576. The standard InChI is InChI=1S/C6H6NO3S/c1-11(9,10)7-5-3-2-4-6(7)8/h2-5H,1H2. The van der Waals surface area contributed by atoms with Crippen molar-refractivity contribution in [3.63, 3.8) is 0 Å². The lowest BCUT2D eigenvalue weighted by molar-refractivity contribution is 0.594. The van der Waals surface area contributed by atoms with Gasteiger partial charge in [0.25, 0.3) is 5.56 Å². The number of pyridine rings is 1. The van der Waals surface area contributed by atoms with Crippen LogP contribution in [0.5, 0.6) is 0 Å². The molecule has 1 heterocycles. The highest BCUT2D eigenvalue weighted by atomic mass is 32.2. The van der Waals surface area contributed by atoms with Gasteiger partial charge in [-0.25, -0.2) is 12.4 Å². The first-order valence-corrected chi connectivity index (χ1v) is 4.39. The number of aromatic nitrogens is 1. The molecule has 1 aromatic rings. The maximum atomic E-state index is 10.8. The summed E-state index contributed by atoms with van der Waals surface area (Å²) < 4.78 is 22.0. The third-order valence-corrected chi connectivity index (χ3v) is 1.99. The van der Waals surface area contributed by atoms with Gasteiger partial charge in [0.15, 0.2) is 0 Å². The van der Waals surface area contributed by atoms with E-state index in [0.29, 0.717) is 3.97 Å². The molecule has 0 aliphatic carbocycles. The summed E-state index contributed by atoms with van der Waals surface area (Å²) in [6.45, 7) is 0. The summed E-state index contributed by atoms with van der Waals surface area (Å²) in [5.74, 6) is 0. The molecule has 0 aliphatic heterocycles. The molecule has 0 amide bonds. The molecule has 59 valence electrons.